The van der Waals surface area contributed by atoms with Gasteiger partial charge in [0.15, 0.2) is 0 Å². The predicted molar refractivity (Wildman–Crippen MR) is 85.1 cm³/mol. The number of amides is 1. The van der Waals surface area contributed by atoms with Crippen LogP contribution in [0.4, 0.5) is 0 Å². The van der Waals surface area contributed by atoms with Crippen LogP contribution < -0.4 is 0 Å². The van der Waals surface area contributed by atoms with Crippen LogP contribution in [0.3, 0.4) is 0 Å². The summed E-state index contributed by atoms with van der Waals surface area (Å²) in [5.74, 6) is -0.156. The Balaban J connectivity index is 1.76. The number of aryl methyl sites for hydroxylation is 1. The molecule has 2 aromatic rings. The number of piperazine rings is 1. The molecule has 0 aliphatic carbocycles. The van der Waals surface area contributed by atoms with Gasteiger partial charge in [0.05, 0.1) is 6.54 Å². The van der Waals surface area contributed by atoms with E-state index in [1.165, 1.54) is 4.90 Å². The van der Waals surface area contributed by atoms with Crippen molar-refractivity contribution in [3.63, 3.8) is 0 Å². The van der Waals surface area contributed by atoms with Crippen molar-refractivity contribution in [2.24, 2.45) is 0 Å². The highest BCUT2D eigenvalue weighted by Crippen LogP contribution is 2.27. The second-order valence-electron chi connectivity index (χ2n) is 5.77. The number of rotatable bonds is 5. The minimum absolute atomic E-state index is 0.135. The van der Waals surface area contributed by atoms with Gasteiger partial charge in [-0.1, -0.05) is 25.1 Å². The number of nitrogens with zero attached hydrogens (tertiary/aromatic N) is 2. The fraction of sp³-hybridized carbons (Fsp3) is 0.412. The van der Waals surface area contributed by atoms with E-state index in [1.807, 2.05) is 24.3 Å². The Morgan fingerprint density at radius 1 is 1.30 bits per heavy atom. The van der Waals surface area contributed by atoms with E-state index in [0.29, 0.717) is 19.6 Å². The molecule has 0 bridgehead atoms. The molecule has 1 aromatic heterocycles. The van der Waals surface area contributed by atoms with Gasteiger partial charge in [-0.05, 0) is 6.07 Å². The van der Waals surface area contributed by atoms with Crippen molar-refractivity contribution in [2.45, 2.75) is 19.9 Å². The molecule has 0 unspecified atom stereocenters. The van der Waals surface area contributed by atoms with Gasteiger partial charge in [-0.25, -0.2) is 0 Å². The molecular formula is C17H20N2O4. The fourth-order valence-corrected chi connectivity index (χ4v) is 3.05. The zero-order chi connectivity index (χ0) is 16.4. The van der Waals surface area contributed by atoms with Gasteiger partial charge >= 0.3 is 5.97 Å². The largest absolute Gasteiger partial charge is 0.480 e. The number of para-hydroxylation sites is 1. The van der Waals surface area contributed by atoms with Crippen LogP contribution >= 0.6 is 0 Å². The second-order valence-corrected chi connectivity index (χ2v) is 5.77. The highest BCUT2D eigenvalue weighted by Gasteiger charge is 2.26. The van der Waals surface area contributed by atoms with E-state index in [2.05, 4.69) is 11.8 Å². The normalized spacial score (nSPS) is 16.2. The Bertz CT molecular complexity index is 737. The molecule has 0 atom stereocenters. The molecule has 0 saturated carbocycles. The van der Waals surface area contributed by atoms with E-state index in [0.717, 1.165) is 28.7 Å². The van der Waals surface area contributed by atoms with Gasteiger partial charge in [-0.3, -0.25) is 14.5 Å². The first-order chi connectivity index (χ1) is 11.1. The van der Waals surface area contributed by atoms with Gasteiger partial charge in [0.25, 0.3) is 0 Å². The van der Waals surface area contributed by atoms with Crippen LogP contribution in [0.5, 0.6) is 0 Å². The molecule has 1 N–H and O–H groups in total. The molecule has 0 radical (unpaired) electrons. The summed E-state index contributed by atoms with van der Waals surface area (Å²) in [4.78, 5) is 26.3. The number of hydrogen-bond donors (Lipinski definition) is 1. The van der Waals surface area contributed by atoms with Crippen LogP contribution in [0.25, 0.3) is 11.0 Å². The molecule has 3 rings (SSSR count). The number of hydrogen-bond acceptors (Lipinski definition) is 4. The topological polar surface area (TPSA) is 74.0 Å². The molecule has 6 heteroatoms. The quantitative estimate of drug-likeness (QED) is 0.909. The minimum Gasteiger partial charge on any atom is -0.480 e. The summed E-state index contributed by atoms with van der Waals surface area (Å²) < 4.78 is 5.89. The van der Waals surface area contributed by atoms with Gasteiger partial charge in [0, 0.05) is 37.0 Å². The SMILES string of the molecule is CCc1oc2ccccc2c1CN1CCN(CC(=O)O)C(=O)C1. The van der Waals surface area contributed by atoms with Crippen molar-refractivity contribution < 1.29 is 19.1 Å². The maximum absolute atomic E-state index is 12.1. The summed E-state index contributed by atoms with van der Waals surface area (Å²) in [6, 6.07) is 7.92. The zero-order valence-corrected chi connectivity index (χ0v) is 13.1. The minimum atomic E-state index is -0.971. The Kier molecular flexibility index (Phi) is 4.34. The van der Waals surface area contributed by atoms with E-state index in [9.17, 15) is 9.59 Å². The molecule has 1 aliphatic rings. The first-order valence-corrected chi connectivity index (χ1v) is 7.79. The van der Waals surface area contributed by atoms with Gasteiger partial charge in [-0.2, -0.15) is 0 Å². The molecule has 1 saturated heterocycles. The maximum atomic E-state index is 12.1. The van der Waals surface area contributed by atoms with Gasteiger partial charge in [0.1, 0.15) is 17.9 Å². The van der Waals surface area contributed by atoms with Gasteiger partial charge < -0.3 is 14.4 Å². The van der Waals surface area contributed by atoms with Crippen molar-refractivity contribution >= 4 is 22.8 Å². The summed E-state index contributed by atoms with van der Waals surface area (Å²) in [6.07, 6.45) is 0.803. The average molecular weight is 316 g/mol. The van der Waals surface area contributed by atoms with E-state index < -0.39 is 5.97 Å². The van der Waals surface area contributed by atoms with Gasteiger partial charge in [-0.15, -0.1) is 0 Å². The van der Waals surface area contributed by atoms with Crippen molar-refractivity contribution in [3.05, 3.63) is 35.6 Å². The van der Waals surface area contributed by atoms with Crippen LogP contribution in [-0.2, 0) is 22.6 Å². The third-order valence-corrected chi connectivity index (χ3v) is 4.21. The number of carboxylic acid groups (broad SMARTS) is 1. The third kappa shape index (κ3) is 3.22. The van der Waals surface area contributed by atoms with Crippen molar-refractivity contribution in [1.82, 2.24) is 9.80 Å². The molecule has 0 spiro atoms. The van der Waals surface area contributed by atoms with E-state index in [1.54, 1.807) is 0 Å². The van der Waals surface area contributed by atoms with Gasteiger partial charge in [0.2, 0.25) is 5.91 Å². The fourth-order valence-electron chi connectivity index (χ4n) is 3.05. The lowest BCUT2D eigenvalue weighted by Gasteiger charge is -2.33. The van der Waals surface area contributed by atoms with Crippen molar-refractivity contribution in [1.29, 1.82) is 0 Å². The van der Waals surface area contributed by atoms with Crippen LogP contribution in [0.1, 0.15) is 18.2 Å². The van der Waals surface area contributed by atoms with E-state index in [-0.39, 0.29) is 19.0 Å². The molecular weight excluding hydrogens is 296 g/mol. The van der Waals surface area contributed by atoms with Crippen LogP contribution in [0.15, 0.2) is 28.7 Å². The predicted octanol–water partition coefficient (Wildman–Crippen LogP) is 1.72. The lowest BCUT2D eigenvalue weighted by molar-refractivity contribution is -0.147. The van der Waals surface area contributed by atoms with Crippen LogP contribution in [0.2, 0.25) is 0 Å². The Hall–Kier alpha value is -2.34. The summed E-state index contributed by atoms with van der Waals surface area (Å²) in [5, 5.41) is 9.91. The Labute approximate surface area is 134 Å². The molecule has 2 heterocycles. The van der Waals surface area contributed by atoms with E-state index >= 15 is 0 Å². The number of aliphatic carboxylic acids is 1. The standard InChI is InChI=1S/C17H20N2O4/c1-2-14-13(12-5-3-4-6-15(12)23-14)9-18-7-8-19(11-17(21)22)16(20)10-18/h3-6H,2,7-11H2,1H3,(H,21,22). The number of carboxylic acids is 1. The molecule has 6 nitrogen and oxygen atoms in total. The molecule has 122 valence electrons. The first-order valence-electron chi connectivity index (χ1n) is 7.79. The van der Waals surface area contributed by atoms with E-state index in [4.69, 9.17) is 9.52 Å². The molecule has 1 aliphatic heterocycles. The lowest BCUT2D eigenvalue weighted by atomic mass is 10.1. The maximum Gasteiger partial charge on any atom is 0.323 e. The highest BCUT2D eigenvalue weighted by atomic mass is 16.4. The molecule has 23 heavy (non-hydrogen) atoms. The highest BCUT2D eigenvalue weighted by molar-refractivity contribution is 5.84. The summed E-state index contributed by atoms with van der Waals surface area (Å²) in [6.45, 7) is 3.84. The van der Waals surface area contributed by atoms with Crippen molar-refractivity contribution in [2.75, 3.05) is 26.2 Å². The Morgan fingerprint density at radius 2 is 2.09 bits per heavy atom. The van der Waals surface area contributed by atoms with Crippen LogP contribution in [0, 0.1) is 0 Å². The molecule has 1 fully saturated rings. The number of carbonyl (C=O) groups excluding carboxylic acids is 1. The summed E-state index contributed by atoms with van der Waals surface area (Å²) in [5.41, 5.74) is 2.00. The number of fused-ring (bicyclic) bond motifs is 1. The molecule has 1 aromatic carbocycles. The monoisotopic (exact) mass is 316 g/mol. The average Bonchev–Trinajstić information content (AvgIpc) is 2.88. The summed E-state index contributed by atoms with van der Waals surface area (Å²) >= 11 is 0. The lowest BCUT2D eigenvalue weighted by Crippen LogP contribution is -2.51. The van der Waals surface area contributed by atoms with Crippen molar-refractivity contribution in [3.8, 4) is 0 Å². The Morgan fingerprint density at radius 3 is 2.78 bits per heavy atom. The summed E-state index contributed by atoms with van der Waals surface area (Å²) in [7, 11) is 0. The smallest absolute Gasteiger partial charge is 0.323 e. The zero-order valence-electron chi connectivity index (χ0n) is 13.1. The third-order valence-electron chi connectivity index (χ3n) is 4.21. The molecule has 1 amide bonds. The first kappa shape index (κ1) is 15.6. The number of benzene rings is 1. The second kappa shape index (κ2) is 6.42. The van der Waals surface area contributed by atoms with Crippen LogP contribution in [-0.4, -0.2) is 53.0 Å². The number of furan rings is 1. The number of carbonyl (C=O) groups is 2.